The maximum absolute atomic E-state index is 10.7. The van der Waals surface area contributed by atoms with Crippen LogP contribution in [0.5, 0.6) is 0 Å². The first-order valence-corrected chi connectivity index (χ1v) is 4.59. The summed E-state index contributed by atoms with van der Waals surface area (Å²) in [6, 6.07) is 0. The van der Waals surface area contributed by atoms with Crippen LogP contribution in [0, 0.1) is 0 Å². The van der Waals surface area contributed by atoms with Gasteiger partial charge in [0.1, 0.15) is 0 Å². The maximum Gasteiger partial charge on any atom is 0.484 e. The van der Waals surface area contributed by atoms with E-state index in [2.05, 4.69) is 0 Å². The van der Waals surface area contributed by atoms with Crippen LogP contribution in [0.4, 0.5) is 0 Å². The molecule has 0 atom stereocenters. The molecule has 56 valence electrons. The van der Waals surface area contributed by atoms with Gasteiger partial charge >= 0.3 is 7.12 Å². The molecule has 0 aromatic rings. The monoisotopic (exact) mass is 162 g/mol. The zero-order chi connectivity index (χ0) is 7.78. The molecule has 0 aromatic heterocycles. The lowest BCUT2D eigenvalue weighted by Crippen LogP contribution is -2.18. The third-order valence-electron chi connectivity index (χ3n) is 1.32. The van der Waals surface area contributed by atoms with E-state index in [0.29, 0.717) is 0 Å². The van der Waals surface area contributed by atoms with Gasteiger partial charge in [-0.2, -0.15) is 0 Å². The molecule has 6 heteroatoms. The second-order valence-electron chi connectivity index (χ2n) is 2.21. The summed E-state index contributed by atoms with van der Waals surface area (Å²) in [5.74, 6) is -0.287. The van der Waals surface area contributed by atoms with Crippen LogP contribution in [-0.2, 0) is 9.84 Å². The highest BCUT2D eigenvalue weighted by Crippen LogP contribution is 2.11. The van der Waals surface area contributed by atoms with Gasteiger partial charge in [0.05, 0.1) is 11.5 Å². The molecule has 0 amide bonds. The van der Waals surface area contributed by atoms with Gasteiger partial charge in [-0.3, -0.25) is 0 Å². The minimum absolute atomic E-state index is 0.0695. The van der Waals surface area contributed by atoms with E-state index in [4.69, 9.17) is 10.0 Å². The second kappa shape index (κ2) is 2.37. The Labute approximate surface area is 59.2 Å². The zero-order valence-corrected chi connectivity index (χ0v) is 6.00. The summed E-state index contributed by atoms with van der Waals surface area (Å²) in [6.07, 6.45) is 1.33. The van der Waals surface area contributed by atoms with Gasteiger partial charge in [0.2, 0.25) is 0 Å². The SMILES string of the molecule is O=S1(=O)CC=C(B(O)O)C1. The summed E-state index contributed by atoms with van der Waals surface area (Å²) < 4.78 is 21.3. The summed E-state index contributed by atoms with van der Waals surface area (Å²) in [5.41, 5.74) is 0.181. The van der Waals surface area contributed by atoms with Crippen molar-refractivity contribution < 1.29 is 18.5 Å². The molecule has 0 fully saturated rings. The predicted molar refractivity (Wildman–Crippen MR) is 36.9 cm³/mol. The molecule has 1 aliphatic rings. The summed E-state index contributed by atoms with van der Waals surface area (Å²) in [4.78, 5) is 0. The van der Waals surface area contributed by atoms with Crippen LogP contribution in [0.25, 0.3) is 0 Å². The lowest BCUT2D eigenvalue weighted by molar-refractivity contribution is 0.419. The molecule has 1 aliphatic heterocycles. The number of hydrogen-bond acceptors (Lipinski definition) is 4. The van der Waals surface area contributed by atoms with Gasteiger partial charge in [-0.05, 0) is 5.47 Å². The summed E-state index contributed by atoms with van der Waals surface area (Å²) in [5, 5.41) is 17.0. The van der Waals surface area contributed by atoms with Crippen LogP contribution in [0.15, 0.2) is 11.5 Å². The van der Waals surface area contributed by atoms with Crippen LogP contribution in [-0.4, -0.2) is 37.1 Å². The third kappa shape index (κ3) is 1.59. The molecule has 0 spiro atoms. The van der Waals surface area contributed by atoms with Crippen molar-refractivity contribution in [3.05, 3.63) is 11.5 Å². The molecule has 0 unspecified atom stereocenters. The first-order valence-electron chi connectivity index (χ1n) is 2.77. The van der Waals surface area contributed by atoms with Crippen molar-refractivity contribution in [1.29, 1.82) is 0 Å². The van der Waals surface area contributed by atoms with Gasteiger partial charge in [-0.25, -0.2) is 8.42 Å². The van der Waals surface area contributed by atoms with Gasteiger partial charge in [-0.1, -0.05) is 6.08 Å². The van der Waals surface area contributed by atoms with Crippen molar-refractivity contribution in [2.75, 3.05) is 11.5 Å². The molecule has 0 bridgehead atoms. The number of hydrogen-bond donors (Lipinski definition) is 2. The fraction of sp³-hybridized carbons (Fsp3) is 0.500. The fourth-order valence-corrected chi connectivity index (χ4v) is 2.15. The number of rotatable bonds is 1. The maximum atomic E-state index is 10.7. The Kier molecular flexibility index (Phi) is 1.85. The summed E-state index contributed by atoms with van der Waals surface area (Å²) in [7, 11) is -4.67. The normalized spacial score (nSPS) is 22.4. The van der Waals surface area contributed by atoms with Crippen LogP contribution in [0.2, 0.25) is 0 Å². The molecular formula is C4H7BO4S. The minimum Gasteiger partial charge on any atom is -0.423 e. The highest BCUT2D eigenvalue weighted by atomic mass is 32.2. The van der Waals surface area contributed by atoms with Gasteiger partial charge in [0.15, 0.2) is 9.84 Å². The molecule has 10 heavy (non-hydrogen) atoms. The van der Waals surface area contributed by atoms with E-state index in [1.54, 1.807) is 0 Å². The van der Waals surface area contributed by atoms with Gasteiger partial charge in [0, 0.05) is 0 Å². The van der Waals surface area contributed by atoms with E-state index in [1.165, 1.54) is 6.08 Å². The average Bonchev–Trinajstić information content (AvgIpc) is 2.10. The Balaban J connectivity index is 2.73. The van der Waals surface area contributed by atoms with Gasteiger partial charge < -0.3 is 10.0 Å². The van der Waals surface area contributed by atoms with Gasteiger partial charge in [-0.15, -0.1) is 0 Å². The molecular weight excluding hydrogens is 155 g/mol. The van der Waals surface area contributed by atoms with Crippen LogP contribution in [0.1, 0.15) is 0 Å². The average molecular weight is 162 g/mol. The van der Waals surface area contributed by atoms with E-state index in [9.17, 15) is 8.42 Å². The first kappa shape index (κ1) is 7.78. The lowest BCUT2D eigenvalue weighted by Gasteiger charge is -1.95. The molecule has 1 rings (SSSR count). The van der Waals surface area contributed by atoms with Crippen molar-refractivity contribution in [3.8, 4) is 0 Å². The molecule has 0 saturated heterocycles. The van der Waals surface area contributed by atoms with Gasteiger partial charge in [0.25, 0.3) is 0 Å². The Morgan fingerprint density at radius 3 is 2.30 bits per heavy atom. The quantitative estimate of drug-likeness (QED) is 0.453. The van der Waals surface area contributed by atoms with Crippen molar-refractivity contribution in [2.45, 2.75) is 0 Å². The van der Waals surface area contributed by atoms with Crippen LogP contribution in [0.3, 0.4) is 0 Å². The van der Waals surface area contributed by atoms with E-state index < -0.39 is 17.0 Å². The van der Waals surface area contributed by atoms with Crippen molar-refractivity contribution in [2.24, 2.45) is 0 Å². The standard InChI is InChI=1S/C4H7BO4S/c6-5(7)4-1-2-10(8,9)3-4/h1,6-7H,2-3H2. The summed E-state index contributed by atoms with van der Waals surface area (Å²) >= 11 is 0. The highest BCUT2D eigenvalue weighted by molar-refractivity contribution is 7.92. The Morgan fingerprint density at radius 1 is 1.50 bits per heavy atom. The predicted octanol–water partition coefficient (Wildman–Crippen LogP) is -1.65. The van der Waals surface area contributed by atoms with Crippen molar-refractivity contribution in [3.63, 3.8) is 0 Å². The third-order valence-corrected chi connectivity index (χ3v) is 2.77. The van der Waals surface area contributed by atoms with Crippen molar-refractivity contribution in [1.82, 2.24) is 0 Å². The smallest absolute Gasteiger partial charge is 0.423 e. The number of sulfone groups is 1. The molecule has 4 nitrogen and oxygen atoms in total. The van der Waals surface area contributed by atoms with Crippen LogP contribution >= 0.6 is 0 Å². The van der Waals surface area contributed by atoms with Crippen molar-refractivity contribution >= 4 is 17.0 Å². The molecule has 0 aromatic carbocycles. The summed E-state index contributed by atoms with van der Waals surface area (Å²) in [6.45, 7) is 0. The lowest BCUT2D eigenvalue weighted by atomic mass is 9.81. The Morgan fingerprint density at radius 2 is 2.10 bits per heavy atom. The minimum atomic E-state index is -3.05. The Bertz CT molecular complexity index is 252. The molecule has 1 heterocycles. The molecule has 2 N–H and O–H groups in total. The zero-order valence-electron chi connectivity index (χ0n) is 5.19. The van der Waals surface area contributed by atoms with E-state index >= 15 is 0 Å². The first-order chi connectivity index (χ1) is 4.51. The second-order valence-corrected chi connectivity index (χ2v) is 4.32. The Hall–Kier alpha value is -0.325. The van der Waals surface area contributed by atoms with Crippen LogP contribution < -0.4 is 0 Å². The molecule has 0 saturated carbocycles. The fourth-order valence-electron chi connectivity index (χ4n) is 0.786. The topological polar surface area (TPSA) is 74.6 Å². The highest BCUT2D eigenvalue weighted by Gasteiger charge is 2.26. The molecule has 0 aliphatic carbocycles. The van der Waals surface area contributed by atoms with E-state index in [1.807, 2.05) is 0 Å². The van der Waals surface area contributed by atoms with E-state index in [0.717, 1.165) is 0 Å². The largest absolute Gasteiger partial charge is 0.484 e. The van der Waals surface area contributed by atoms with E-state index in [-0.39, 0.29) is 17.0 Å². The molecule has 0 radical (unpaired) electrons.